The molecule has 0 bridgehead atoms. The van der Waals surface area contributed by atoms with E-state index in [2.05, 4.69) is 15.5 Å². The van der Waals surface area contributed by atoms with Crippen molar-refractivity contribution in [2.24, 2.45) is 7.05 Å². The van der Waals surface area contributed by atoms with Crippen molar-refractivity contribution in [1.29, 1.82) is 0 Å². The van der Waals surface area contributed by atoms with Gasteiger partial charge in [0, 0.05) is 31.4 Å². The lowest BCUT2D eigenvalue weighted by Crippen LogP contribution is -2.17. The van der Waals surface area contributed by atoms with E-state index in [9.17, 15) is 9.59 Å². The Morgan fingerprint density at radius 2 is 2.04 bits per heavy atom. The SMILES string of the molecule is Cn1cc(C(=O)Nc2ccn(CC(=O)O)n2)c(C2CCCCC2)n1. The zero-order chi connectivity index (χ0) is 17.1. The number of aromatic nitrogens is 4. The van der Waals surface area contributed by atoms with Crippen LogP contribution in [-0.4, -0.2) is 36.5 Å². The second-order valence-corrected chi connectivity index (χ2v) is 6.18. The molecule has 2 heterocycles. The highest BCUT2D eigenvalue weighted by Gasteiger charge is 2.25. The first-order valence-electron chi connectivity index (χ1n) is 8.13. The number of hydrogen-bond acceptors (Lipinski definition) is 4. The molecule has 1 aliphatic rings. The lowest BCUT2D eigenvalue weighted by Gasteiger charge is -2.20. The van der Waals surface area contributed by atoms with Crippen molar-refractivity contribution in [3.05, 3.63) is 29.7 Å². The molecule has 0 aromatic carbocycles. The molecule has 2 aromatic rings. The fraction of sp³-hybridized carbons (Fsp3) is 0.500. The van der Waals surface area contributed by atoms with Gasteiger partial charge in [-0.25, -0.2) is 0 Å². The summed E-state index contributed by atoms with van der Waals surface area (Å²) >= 11 is 0. The van der Waals surface area contributed by atoms with Gasteiger partial charge in [-0.1, -0.05) is 19.3 Å². The maximum atomic E-state index is 12.6. The molecular formula is C16H21N5O3. The van der Waals surface area contributed by atoms with Crippen LogP contribution >= 0.6 is 0 Å². The van der Waals surface area contributed by atoms with Gasteiger partial charge in [0.25, 0.3) is 5.91 Å². The summed E-state index contributed by atoms with van der Waals surface area (Å²) in [6.07, 6.45) is 8.95. The average Bonchev–Trinajstić information content (AvgIpc) is 3.14. The molecule has 8 nitrogen and oxygen atoms in total. The predicted octanol–water partition coefficient (Wildman–Crippen LogP) is 2.00. The molecule has 8 heteroatoms. The van der Waals surface area contributed by atoms with E-state index in [4.69, 9.17) is 5.11 Å². The molecular weight excluding hydrogens is 310 g/mol. The summed E-state index contributed by atoms with van der Waals surface area (Å²) in [6.45, 7) is -0.240. The Hall–Kier alpha value is -2.64. The van der Waals surface area contributed by atoms with E-state index in [1.165, 1.54) is 30.1 Å². The number of rotatable bonds is 5. The van der Waals surface area contributed by atoms with E-state index in [1.807, 2.05) is 7.05 Å². The van der Waals surface area contributed by atoms with Crippen LogP contribution in [0.2, 0.25) is 0 Å². The number of carbonyl (C=O) groups excluding carboxylic acids is 1. The molecule has 0 spiro atoms. The van der Waals surface area contributed by atoms with Gasteiger partial charge in [-0.15, -0.1) is 0 Å². The van der Waals surface area contributed by atoms with Crippen molar-refractivity contribution in [3.8, 4) is 0 Å². The molecule has 3 rings (SSSR count). The molecule has 24 heavy (non-hydrogen) atoms. The van der Waals surface area contributed by atoms with Crippen LogP contribution in [0.5, 0.6) is 0 Å². The molecule has 1 amide bonds. The molecule has 1 fully saturated rings. The fourth-order valence-electron chi connectivity index (χ4n) is 3.20. The summed E-state index contributed by atoms with van der Waals surface area (Å²) in [7, 11) is 1.81. The Morgan fingerprint density at radius 3 is 2.75 bits per heavy atom. The van der Waals surface area contributed by atoms with Crippen molar-refractivity contribution >= 4 is 17.7 Å². The van der Waals surface area contributed by atoms with Gasteiger partial charge in [-0.2, -0.15) is 10.2 Å². The van der Waals surface area contributed by atoms with Crippen LogP contribution in [0.1, 0.15) is 54.1 Å². The number of nitrogens with zero attached hydrogens (tertiary/aromatic N) is 4. The van der Waals surface area contributed by atoms with Crippen molar-refractivity contribution in [2.45, 2.75) is 44.6 Å². The molecule has 1 aliphatic carbocycles. The molecule has 0 aliphatic heterocycles. The molecule has 2 N–H and O–H groups in total. The smallest absolute Gasteiger partial charge is 0.325 e. The maximum absolute atomic E-state index is 12.6. The van der Waals surface area contributed by atoms with E-state index in [-0.39, 0.29) is 12.5 Å². The van der Waals surface area contributed by atoms with Crippen LogP contribution < -0.4 is 5.32 Å². The van der Waals surface area contributed by atoms with Gasteiger partial charge < -0.3 is 10.4 Å². The molecule has 0 atom stereocenters. The van der Waals surface area contributed by atoms with Gasteiger partial charge in [-0.05, 0) is 12.8 Å². The molecule has 0 saturated heterocycles. The Labute approximate surface area is 139 Å². The molecule has 0 radical (unpaired) electrons. The third-order valence-electron chi connectivity index (χ3n) is 4.27. The van der Waals surface area contributed by atoms with E-state index >= 15 is 0 Å². The predicted molar refractivity (Wildman–Crippen MR) is 86.9 cm³/mol. The first-order chi connectivity index (χ1) is 11.5. The zero-order valence-corrected chi connectivity index (χ0v) is 13.6. The number of hydrogen-bond donors (Lipinski definition) is 2. The van der Waals surface area contributed by atoms with Crippen LogP contribution in [0, 0.1) is 0 Å². The minimum Gasteiger partial charge on any atom is -0.480 e. The first kappa shape index (κ1) is 16.2. The first-order valence-corrected chi connectivity index (χ1v) is 8.13. The second kappa shape index (κ2) is 6.86. The van der Waals surface area contributed by atoms with Gasteiger partial charge in [-0.3, -0.25) is 19.0 Å². The van der Waals surface area contributed by atoms with E-state index in [0.717, 1.165) is 18.5 Å². The Balaban J connectivity index is 1.75. The summed E-state index contributed by atoms with van der Waals surface area (Å²) in [6, 6.07) is 1.58. The molecule has 0 unspecified atom stereocenters. The third kappa shape index (κ3) is 3.64. The van der Waals surface area contributed by atoms with Gasteiger partial charge >= 0.3 is 5.97 Å². The largest absolute Gasteiger partial charge is 0.480 e. The van der Waals surface area contributed by atoms with E-state index < -0.39 is 5.97 Å². The quantitative estimate of drug-likeness (QED) is 0.872. The minimum absolute atomic E-state index is 0.240. The van der Waals surface area contributed by atoms with Crippen molar-refractivity contribution in [2.75, 3.05) is 5.32 Å². The number of carboxylic acids is 1. The number of amides is 1. The van der Waals surface area contributed by atoms with Crippen LogP contribution in [0.15, 0.2) is 18.5 Å². The highest BCUT2D eigenvalue weighted by atomic mass is 16.4. The van der Waals surface area contributed by atoms with Crippen molar-refractivity contribution in [1.82, 2.24) is 19.6 Å². The van der Waals surface area contributed by atoms with Crippen LogP contribution in [0.4, 0.5) is 5.82 Å². The van der Waals surface area contributed by atoms with E-state index in [0.29, 0.717) is 17.3 Å². The number of carbonyl (C=O) groups is 2. The maximum Gasteiger partial charge on any atom is 0.325 e. The summed E-state index contributed by atoms with van der Waals surface area (Å²) in [5, 5.41) is 20.0. The van der Waals surface area contributed by atoms with Gasteiger partial charge in [0.15, 0.2) is 5.82 Å². The summed E-state index contributed by atoms with van der Waals surface area (Å²) in [4.78, 5) is 23.3. The number of nitrogens with one attached hydrogen (secondary N) is 1. The summed E-state index contributed by atoms with van der Waals surface area (Å²) in [5.41, 5.74) is 1.41. The summed E-state index contributed by atoms with van der Waals surface area (Å²) < 4.78 is 2.94. The normalized spacial score (nSPS) is 15.4. The standard InChI is InChI=1S/C16H21N5O3/c1-20-9-12(15(19-20)11-5-3-2-4-6-11)16(24)17-13-7-8-21(18-13)10-14(22)23/h7-9,11H,2-6,10H2,1H3,(H,22,23)(H,17,18,24). The second-order valence-electron chi connectivity index (χ2n) is 6.18. The number of carboxylic acid groups (broad SMARTS) is 1. The van der Waals surface area contributed by atoms with Crippen molar-refractivity contribution < 1.29 is 14.7 Å². The Bertz CT molecular complexity index is 743. The fourth-order valence-corrected chi connectivity index (χ4v) is 3.20. The highest BCUT2D eigenvalue weighted by Crippen LogP contribution is 2.33. The third-order valence-corrected chi connectivity index (χ3v) is 4.27. The topological polar surface area (TPSA) is 102 Å². The molecule has 128 valence electrons. The number of anilines is 1. The number of aryl methyl sites for hydroxylation is 1. The van der Waals surface area contributed by atoms with Crippen LogP contribution in [0.25, 0.3) is 0 Å². The van der Waals surface area contributed by atoms with Crippen LogP contribution in [0.3, 0.4) is 0 Å². The summed E-state index contributed by atoms with van der Waals surface area (Å²) in [5.74, 6) is -0.586. The Morgan fingerprint density at radius 1 is 1.29 bits per heavy atom. The zero-order valence-electron chi connectivity index (χ0n) is 13.6. The van der Waals surface area contributed by atoms with Crippen LogP contribution in [-0.2, 0) is 18.4 Å². The lowest BCUT2D eigenvalue weighted by atomic mass is 9.85. The van der Waals surface area contributed by atoms with Gasteiger partial charge in [0.2, 0.25) is 0 Å². The van der Waals surface area contributed by atoms with Crippen molar-refractivity contribution in [3.63, 3.8) is 0 Å². The van der Waals surface area contributed by atoms with Gasteiger partial charge in [0.1, 0.15) is 6.54 Å². The number of aliphatic carboxylic acids is 1. The molecule has 1 saturated carbocycles. The molecule has 2 aromatic heterocycles. The Kier molecular flexibility index (Phi) is 4.64. The highest BCUT2D eigenvalue weighted by molar-refractivity contribution is 6.04. The lowest BCUT2D eigenvalue weighted by molar-refractivity contribution is -0.137. The monoisotopic (exact) mass is 331 g/mol. The van der Waals surface area contributed by atoms with E-state index in [1.54, 1.807) is 16.9 Å². The average molecular weight is 331 g/mol. The van der Waals surface area contributed by atoms with Gasteiger partial charge in [0.05, 0.1) is 11.3 Å². The minimum atomic E-state index is -0.983.